The van der Waals surface area contributed by atoms with Gasteiger partial charge in [-0.1, -0.05) is 27.4 Å². The van der Waals surface area contributed by atoms with Crippen molar-refractivity contribution in [2.24, 2.45) is 11.8 Å². The molecule has 0 rings (SSSR count). The number of rotatable bonds is 6. The first kappa shape index (κ1) is 13.5. The fraction of sp³-hybridized carbons (Fsp3) is 0.846. The van der Waals surface area contributed by atoms with Gasteiger partial charge in [-0.25, -0.2) is 0 Å². The highest BCUT2D eigenvalue weighted by molar-refractivity contribution is 4.94. The summed E-state index contributed by atoms with van der Waals surface area (Å²) < 4.78 is 0. The Labute approximate surface area is 90.0 Å². The molecular weight excluding hydrogens is 170 g/mol. The van der Waals surface area contributed by atoms with Gasteiger partial charge in [-0.05, 0) is 45.4 Å². The lowest BCUT2D eigenvalue weighted by Crippen LogP contribution is -2.39. The van der Waals surface area contributed by atoms with Crippen molar-refractivity contribution < 1.29 is 0 Å². The van der Waals surface area contributed by atoms with Crippen LogP contribution in [0.5, 0.6) is 0 Å². The molecule has 84 valence electrons. The molecule has 1 N–H and O–H groups in total. The highest BCUT2D eigenvalue weighted by atomic mass is 15.0. The van der Waals surface area contributed by atoms with Crippen LogP contribution in [0, 0.1) is 11.8 Å². The first-order valence-corrected chi connectivity index (χ1v) is 5.66. The first-order chi connectivity index (χ1) is 6.23. The predicted octanol–water partition coefficient (Wildman–Crippen LogP) is 3.96. The largest absolute Gasteiger partial charge is 0.384 e. The zero-order chi connectivity index (χ0) is 11.4. The maximum Gasteiger partial charge on any atom is 0.0316 e. The van der Waals surface area contributed by atoms with Crippen LogP contribution in [-0.2, 0) is 0 Å². The molecule has 1 atom stereocenters. The van der Waals surface area contributed by atoms with Gasteiger partial charge in [0.25, 0.3) is 0 Å². The fourth-order valence-electron chi connectivity index (χ4n) is 2.39. The number of nitrogens with one attached hydrogen (secondary N) is 1. The normalized spacial score (nSPS) is 14.2. The average molecular weight is 197 g/mol. The van der Waals surface area contributed by atoms with Gasteiger partial charge in [0.15, 0.2) is 0 Å². The van der Waals surface area contributed by atoms with E-state index in [1.165, 1.54) is 12.8 Å². The molecule has 0 saturated carbocycles. The number of allylic oxidation sites excluding steroid dienone is 1. The third-order valence-electron chi connectivity index (χ3n) is 2.28. The van der Waals surface area contributed by atoms with E-state index < -0.39 is 0 Å². The zero-order valence-electron chi connectivity index (χ0n) is 10.8. The molecule has 1 unspecified atom stereocenters. The van der Waals surface area contributed by atoms with E-state index in [9.17, 15) is 0 Å². The lowest BCUT2D eigenvalue weighted by atomic mass is 9.86. The molecule has 0 aliphatic carbocycles. The second-order valence-electron chi connectivity index (χ2n) is 5.73. The van der Waals surface area contributed by atoms with E-state index in [2.05, 4.69) is 46.5 Å². The van der Waals surface area contributed by atoms with E-state index >= 15 is 0 Å². The summed E-state index contributed by atoms with van der Waals surface area (Å²) >= 11 is 0. The highest BCUT2D eigenvalue weighted by Crippen LogP contribution is 2.22. The maximum atomic E-state index is 3.90. The minimum Gasteiger partial charge on any atom is -0.384 e. The minimum absolute atomic E-state index is 0.181. The van der Waals surface area contributed by atoms with Crippen LogP contribution in [0.15, 0.2) is 12.3 Å². The Morgan fingerprint density at radius 3 is 2.14 bits per heavy atom. The Balaban J connectivity index is 4.00. The predicted molar refractivity (Wildman–Crippen MR) is 65.3 cm³/mol. The molecule has 14 heavy (non-hydrogen) atoms. The van der Waals surface area contributed by atoms with Crippen molar-refractivity contribution in [2.75, 3.05) is 0 Å². The second kappa shape index (κ2) is 5.43. The van der Waals surface area contributed by atoms with Gasteiger partial charge >= 0.3 is 0 Å². The summed E-state index contributed by atoms with van der Waals surface area (Å²) in [5.74, 6) is 1.57. The molecule has 0 aliphatic rings. The Bertz CT molecular complexity index is 180. The van der Waals surface area contributed by atoms with Gasteiger partial charge in [-0.2, -0.15) is 0 Å². The summed E-state index contributed by atoms with van der Waals surface area (Å²) in [5.41, 5.74) is 1.24. The van der Waals surface area contributed by atoms with Crippen LogP contribution in [0.2, 0.25) is 0 Å². The van der Waals surface area contributed by atoms with Gasteiger partial charge in [-0.3, -0.25) is 0 Å². The summed E-state index contributed by atoms with van der Waals surface area (Å²) in [4.78, 5) is 0. The van der Waals surface area contributed by atoms with Gasteiger partial charge in [0.1, 0.15) is 0 Å². The molecule has 0 aromatic carbocycles. The van der Waals surface area contributed by atoms with Crippen molar-refractivity contribution in [2.45, 2.75) is 59.9 Å². The number of hydrogen-bond acceptors (Lipinski definition) is 1. The Morgan fingerprint density at radius 1 is 1.29 bits per heavy atom. The Hall–Kier alpha value is -0.460. The molecule has 0 amide bonds. The summed E-state index contributed by atoms with van der Waals surface area (Å²) in [6.45, 7) is 17.3. The van der Waals surface area contributed by atoms with Gasteiger partial charge in [0.05, 0.1) is 0 Å². The summed E-state index contributed by atoms with van der Waals surface area (Å²) in [6.07, 6.45) is 2.51. The van der Waals surface area contributed by atoms with Gasteiger partial charge < -0.3 is 5.32 Å². The third kappa shape index (κ3) is 6.99. The van der Waals surface area contributed by atoms with Crippen LogP contribution in [0.3, 0.4) is 0 Å². The molecule has 0 radical (unpaired) electrons. The maximum absolute atomic E-state index is 3.90. The Morgan fingerprint density at radius 2 is 1.79 bits per heavy atom. The first-order valence-electron chi connectivity index (χ1n) is 5.66. The Kier molecular flexibility index (Phi) is 5.25. The third-order valence-corrected chi connectivity index (χ3v) is 2.28. The molecule has 0 saturated heterocycles. The second-order valence-corrected chi connectivity index (χ2v) is 5.73. The standard InChI is InChI=1S/C13H27N/c1-10(2)8-12(5)9-13(6,7)14-11(3)4/h10,12,14H,3,8-9H2,1-2,4-7H3. The minimum atomic E-state index is 0.181. The van der Waals surface area contributed by atoms with Crippen LogP contribution >= 0.6 is 0 Å². The molecule has 0 aromatic rings. The smallest absolute Gasteiger partial charge is 0.0316 e. The number of hydrogen-bond donors (Lipinski definition) is 1. The molecule has 0 bridgehead atoms. The lowest BCUT2D eigenvalue weighted by molar-refractivity contribution is 0.299. The van der Waals surface area contributed by atoms with E-state index in [4.69, 9.17) is 0 Å². The van der Waals surface area contributed by atoms with Gasteiger partial charge in [0, 0.05) is 11.2 Å². The van der Waals surface area contributed by atoms with Crippen molar-refractivity contribution in [3.8, 4) is 0 Å². The summed E-state index contributed by atoms with van der Waals surface area (Å²) in [5, 5.41) is 3.43. The monoisotopic (exact) mass is 197 g/mol. The van der Waals surface area contributed by atoms with Crippen molar-refractivity contribution >= 4 is 0 Å². The van der Waals surface area contributed by atoms with E-state index in [1.807, 2.05) is 6.92 Å². The van der Waals surface area contributed by atoms with Crippen LogP contribution in [0.1, 0.15) is 54.4 Å². The van der Waals surface area contributed by atoms with Crippen LogP contribution in [0.4, 0.5) is 0 Å². The van der Waals surface area contributed by atoms with Crippen LogP contribution in [-0.4, -0.2) is 5.54 Å². The molecule has 1 nitrogen and oxygen atoms in total. The molecule has 1 heteroatoms. The lowest BCUT2D eigenvalue weighted by Gasteiger charge is -2.31. The van der Waals surface area contributed by atoms with Gasteiger partial charge in [0.2, 0.25) is 0 Å². The molecular formula is C13H27N. The molecule has 0 heterocycles. The highest BCUT2D eigenvalue weighted by Gasteiger charge is 2.20. The van der Waals surface area contributed by atoms with Crippen LogP contribution in [0.25, 0.3) is 0 Å². The summed E-state index contributed by atoms with van der Waals surface area (Å²) in [6, 6.07) is 0. The molecule has 0 spiro atoms. The topological polar surface area (TPSA) is 12.0 Å². The van der Waals surface area contributed by atoms with Crippen molar-refractivity contribution in [3.63, 3.8) is 0 Å². The summed E-state index contributed by atoms with van der Waals surface area (Å²) in [7, 11) is 0. The van der Waals surface area contributed by atoms with Crippen molar-refractivity contribution in [1.82, 2.24) is 5.32 Å². The zero-order valence-corrected chi connectivity index (χ0v) is 10.8. The van der Waals surface area contributed by atoms with E-state index in [0.717, 1.165) is 17.5 Å². The van der Waals surface area contributed by atoms with E-state index in [0.29, 0.717) is 0 Å². The van der Waals surface area contributed by atoms with Crippen LogP contribution < -0.4 is 5.32 Å². The SMILES string of the molecule is C=C(C)NC(C)(C)CC(C)CC(C)C. The quantitative estimate of drug-likeness (QED) is 0.679. The van der Waals surface area contributed by atoms with Gasteiger partial charge in [-0.15, -0.1) is 0 Å². The molecule has 0 fully saturated rings. The average Bonchev–Trinajstić information content (AvgIpc) is 1.77. The molecule has 0 aliphatic heterocycles. The fourth-order valence-corrected chi connectivity index (χ4v) is 2.39. The molecule has 0 aromatic heterocycles. The van der Waals surface area contributed by atoms with E-state index in [1.54, 1.807) is 0 Å². The van der Waals surface area contributed by atoms with E-state index in [-0.39, 0.29) is 5.54 Å². The van der Waals surface area contributed by atoms with Crippen molar-refractivity contribution in [1.29, 1.82) is 0 Å². The van der Waals surface area contributed by atoms with Crippen molar-refractivity contribution in [3.05, 3.63) is 12.3 Å².